The summed E-state index contributed by atoms with van der Waals surface area (Å²) in [6.07, 6.45) is 0.333. The Labute approximate surface area is 138 Å². The largest absolute Gasteiger partial charge is 0.354 e. The highest BCUT2D eigenvalue weighted by atomic mass is 79.9. The van der Waals surface area contributed by atoms with Crippen LogP contribution in [-0.4, -0.2) is 24.9 Å². The van der Waals surface area contributed by atoms with Crippen LogP contribution in [0.4, 0.5) is 0 Å². The molecule has 4 nitrogen and oxygen atoms in total. The van der Waals surface area contributed by atoms with Gasteiger partial charge < -0.3 is 10.6 Å². The second kappa shape index (κ2) is 8.34. The second-order valence-corrected chi connectivity index (χ2v) is 5.69. The Morgan fingerprint density at radius 2 is 1.50 bits per heavy atom. The van der Waals surface area contributed by atoms with Gasteiger partial charge in [-0.3, -0.25) is 9.59 Å². The number of hydrogen-bond acceptors (Lipinski definition) is 2. The second-order valence-electron chi connectivity index (χ2n) is 4.78. The highest BCUT2D eigenvalue weighted by Gasteiger charge is 2.05. The van der Waals surface area contributed by atoms with E-state index in [1.54, 1.807) is 12.1 Å². The van der Waals surface area contributed by atoms with E-state index in [0.29, 0.717) is 25.1 Å². The van der Waals surface area contributed by atoms with E-state index in [2.05, 4.69) is 26.6 Å². The van der Waals surface area contributed by atoms with Gasteiger partial charge in [0.2, 0.25) is 5.91 Å². The summed E-state index contributed by atoms with van der Waals surface area (Å²) in [6.45, 7) is 0.813. The molecule has 0 unspecified atom stereocenters. The first-order chi connectivity index (χ1) is 10.6. The number of hydrogen-bond donors (Lipinski definition) is 2. The third-order valence-electron chi connectivity index (χ3n) is 3.05. The number of nitrogens with one attached hydrogen (secondary N) is 2. The summed E-state index contributed by atoms with van der Waals surface area (Å²) in [5.41, 5.74) is 1.57. The van der Waals surface area contributed by atoms with Gasteiger partial charge in [0.25, 0.3) is 5.91 Å². The first kappa shape index (κ1) is 16.2. The summed E-state index contributed by atoms with van der Waals surface area (Å²) >= 11 is 3.35. The average molecular weight is 361 g/mol. The van der Waals surface area contributed by atoms with Crippen LogP contribution in [0.25, 0.3) is 0 Å². The minimum Gasteiger partial charge on any atom is -0.354 e. The Hall–Kier alpha value is -2.14. The fourth-order valence-electron chi connectivity index (χ4n) is 1.92. The zero-order valence-electron chi connectivity index (χ0n) is 12.0. The Bertz CT molecular complexity index is 627. The van der Waals surface area contributed by atoms with Crippen LogP contribution in [-0.2, 0) is 11.2 Å². The number of rotatable bonds is 6. The van der Waals surface area contributed by atoms with Gasteiger partial charge in [0.1, 0.15) is 0 Å². The molecule has 0 aliphatic heterocycles. The van der Waals surface area contributed by atoms with E-state index in [0.717, 1.165) is 10.0 Å². The van der Waals surface area contributed by atoms with Gasteiger partial charge in [0.05, 0.1) is 6.42 Å². The van der Waals surface area contributed by atoms with Gasteiger partial charge in [-0.25, -0.2) is 0 Å². The van der Waals surface area contributed by atoms with Crippen molar-refractivity contribution in [3.05, 3.63) is 70.2 Å². The van der Waals surface area contributed by atoms with Gasteiger partial charge in [0, 0.05) is 23.1 Å². The lowest BCUT2D eigenvalue weighted by atomic mass is 10.1. The summed E-state index contributed by atoms with van der Waals surface area (Å²) in [4.78, 5) is 23.6. The lowest BCUT2D eigenvalue weighted by Gasteiger charge is -2.07. The van der Waals surface area contributed by atoms with Gasteiger partial charge >= 0.3 is 0 Å². The molecular weight excluding hydrogens is 344 g/mol. The molecule has 0 saturated heterocycles. The van der Waals surface area contributed by atoms with Crippen molar-refractivity contribution in [3.63, 3.8) is 0 Å². The van der Waals surface area contributed by atoms with Crippen LogP contribution < -0.4 is 10.6 Å². The van der Waals surface area contributed by atoms with Crippen LogP contribution in [0.2, 0.25) is 0 Å². The van der Waals surface area contributed by atoms with Gasteiger partial charge in [0.15, 0.2) is 0 Å². The normalized spacial score (nSPS) is 10.0. The molecule has 2 N–H and O–H groups in total. The summed E-state index contributed by atoms with van der Waals surface area (Å²) in [7, 11) is 0. The Morgan fingerprint density at radius 1 is 0.864 bits per heavy atom. The van der Waals surface area contributed by atoms with Gasteiger partial charge in [-0.15, -0.1) is 0 Å². The number of carbonyl (C=O) groups is 2. The molecule has 0 bridgehead atoms. The molecule has 5 heteroatoms. The molecule has 22 heavy (non-hydrogen) atoms. The van der Waals surface area contributed by atoms with Crippen molar-refractivity contribution in [3.8, 4) is 0 Å². The van der Waals surface area contributed by atoms with Crippen LogP contribution in [0.1, 0.15) is 15.9 Å². The van der Waals surface area contributed by atoms with Crippen molar-refractivity contribution in [1.82, 2.24) is 10.6 Å². The lowest BCUT2D eigenvalue weighted by molar-refractivity contribution is -0.120. The fourth-order valence-corrected chi connectivity index (χ4v) is 2.18. The van der Waals surface area contributed by atoms with Gasteiger partial charge in [-0.2, -0.15) is 0 Å². The van der Waals surface area contributed by atoms with Crippen LogP contribution >= 0.6 is 15.9 Å². The molecule has 2 amide bonds. The number of carbonyl (C=O) groups excluding carboxylic acids is 2. The fraction of sp³-hybridized carbons (Fsp3) is 0.176. The first-order valence-corrected chi connectivity index (χ1v) is 7.79. The predicted octanol–water partition coefficient (Wildman–Crippen LogP) is 2.54. The standard InChI is InChI=1S/C17H17BrN2O2/c18-15-8-6-13(7-9-15)12-16(21)19-10-11-20-17(22)14-4-2-1-3-5-14/h1-9H,10-12H2,(H,19,21)(H,20,22). The quantitative estimate of drug-likeness (QED) is 0.777. The monoisotopic (exact) mass is 360 g/mol. The maximum Gasteiger partial charge on any atom is 0.251 e. The number of amides is 2. The topological polar surface area (TPSA) is 58.2 Å². The zero-order valence-corrected chi connectivity index (χ0v) is 13.6. The summed E-state index contributed by atoms with van der Waals surface area (Å²) < 4.78 is 0.986. The van der Waals surface area contributed by atoms with E-state index in [-0.39, 0.29) is 11.8 Å². The van der Waals surface area contributed by atoms with E-state index in [1.165, 1.54) is 0 Å². The molecule has 0 aromatic heterocycles. The van der Waals surface area contributed by atoms with Crippen molar-refractivity contribution >= 4 is 27.7 Å². The minimum atomic E-state index is -0.136. The molecule has 0 fully saturated rings. The van der Waals surface area contributed by atoms with Crippen LogP contribution in [0.3, 0.4) is 0 Å². The lowest BCUT2D eigenvalue weighted by Crippen LogP contribution is -2.35. The minimum absolute atomic E-state index is 0.0590. The van der Waals surface area contributed by atoms with Crippen molar-refractivity contribution < 1.29 is 9.59 Å². The van der Waals surface area contributed by atoms with Crippen molar-refractivity contribution in [2.45, 2.75) is 6.42 Å². The Morgan fingerprint density at radius 3 is 2.18 bits per heavy atom. The molecule has 2 aromatic carbocycles. The first-order valence-electron chi connectivity index (χ1n) is 6.99. The van der Waals surface area contributed by atoms with E-state index in [1.807, 2.05) is 42.5 Å². The van der Waals surface area contributed by atoms with Crippen LogP contribution in [0, 0.1) is 0 Å². The smallest absolute Gasteiger partial charge is 0.251 e. The molecule has 0 aliphatic rings. The van der Waals surface area contributed by atoms with Crippen LogP contribution in [0.5, 0.6) is 0 Å². The average Bonchev–Trinajstić information content (AvgIpc) is 2.54. The van der Waals surface area contributed by atoms with E-state index in [9.17, 15) is 9.59 Å². The molecular formula is C17H17BrN2O2. The SMILES string of the molecule is O=C(Cc1ccc(Br)cc1)NCCNC(=O)c1ccccc1. The molecule has 0 radical (unpaired) electrons. The molecule has 2 aromatic rings. The molecule has 0 aliphatic carbocycles. The third kappa shape index (κ3) is 5.33. The van der Waals surface area contributed by atoms with Crippen LogP contribution in [0.15, 0.2) is 59.1 Å². The number of benzene rings is 2. The summed E-state index contributed by atoms with van der Waals surface area (Å²) in [5.74, 6) is -0.195. The van der Waals surface area contributed by atoms with E-state index in [4.69, 9.17) is 0 Å². The summed E-state index contributed by atoms with van der Waals surface area (Å²) in [5, 5.41) is 5.55. The van der Waals surface area contributed by atoms with Crippen molar-refractivity contribution in [2.75, 3.05) is 13.1 Å². The molecule has 114 valence electrons. The zero-order chi connectivity index (χ0) is 15.8. The Kier molecular flexibility index (Phi) is 6.15. The predicted molar refractivity (Wildman–Crippen MR) is 89.6 cm³/mol. The van der Waals surface area contributed by atoms with E-state index < -0.39 is 0 Å². The number of halogens is 1. The molecule has 0 spiro atoms. The maximum atomic E-state index is 11.8. The van der Waals surface area contributed by atoms with Gasteiger partial charge in [-0.1, -0.05) is 46.3 Å². The van der Waals surface area contributed by atoms with E-state index >= 15 is 0 Å². The molecule has 0 atom stereocenters. The highest BCUT2D eigenvalue weighted by Crippen LogP contribution is 2.10. The molecule has 0 heterocycles. The van der Waals surface area contributed by atoms with Crippen molar-refractivity contribution in [1.29, 1.82) is 0 Å². The van der Waals surface area contributed by atoms with Gasteiger partial charge in [-0.05, 0) is 29.8 Å². The summed E-state index contributed by atoms with van der Waals surface area (Å²) in [6, 6.07) is 16.6. The molecule has 0 saturated carbocycles. The molecule has 2 rings (SSSR count). The van der Waals surface area contributed by atoms with Crippen molar-refractivity contribution in [2.24, 2.45) is 0 Å². The maximum absolute atomic E-state index is 11.8. The third-order valence-corrected chi connectivity index (χ3v) is 3.58. The Balaban J connectivity index is 1.67. The highest BCUT2D eigenvalue weighted by molar-refractivity contribution is 9.10.